The number of aromatic nitrogens is 2. The van der Waals surface area contributed by atoms with Gasteiger partial charge in [-0.2, -0.15) is 0 Å². The van der Waals surface area contributed by atoms with Crippen LogP contribution in [0.4, 0.5) is 17.3 Å². The summed E-state index contributed by atoms with van der Waals surface area (Å²) in [7, 11) is 3.93. The molecule has 2 aliphatic heterocycles. The second kappa shape index (κ2) is 10.4. The number of hydrogen-bond acceptors (Lipinski definition) is 7. The third-order valence-corrected chi connectivity index (χ3v) is 5.95. The molecule has 1 aromatic carbocycles. The van der Waals surface area contributed by atoms with Crippen molar-refractivity contribution in [3.63, 3.8) is 0 Å². The van der Waals surface area contributed by atoms with Crippen molar-refractivity contribution in [3.05, 3.63) is 47.9 Å². The normalized spacial score (nSPS) is 20.1. The first-order valence-electron chi connectivity index (χ1n) is 11.4. The van der Waals surface area contributed by atoms with E-state index < -0.39 is 0 Å². The van der Waals surface area contributed by atoms with Crippen molar-refractivity contribution < 1.29 is 9.59 Å². The number of rotatable bonds is 0. The summed E-state index contributed by atoms with van der Waals surface area (Å²) in [5.41, 5.74) is 3.20. The standard InChI is InChI=1S/C24H31N7O2/c1-30-11-5-3-4-9-20(32)31(2)12-10-25-22-21-19(24(33)29-23(21)28-16-27-22)14-26-18-8-6-7-17(13-18)15-30/h6-8,13-14,16,26H,3-5,9-12,15H2,1-2H3,(H2,25,27,28,29,33)/b19-14-. The number of anilines is 3. The summed E-state index contributed by atoms with van der Waals surface area (Å²) in [5.74, 6) is 0.960. The lowest BCUT2D eigenvalue weighted by atomic mass is 10.1. The fourth-order valence-electron chi connectivity index (χ4n) is 4.09. The van der Waals surface area contributed by atoms with Crippen LogP contribution in [0, 0.1) is 0 Å². The first kappa shape index (κ1) is 22.7. The minimum atomic E-state index is -0.230. The SMILES string of the molecule is CN1CCCCCC(=O)N(C)CCNc2ncnc3c2/C(=C/Nc2cccc(c2)C1)C(=O)N3. The van der Waals surface area contributed by atoms with Crippen molar-refractivity contribution >= 4 is 34.7 Å². The van der Waals surface area contributed by atoms with Crippen molar-refractivity contribution in [2.45, 2.75) is 32.2 Å². The maximum atomic E-state index is 12.6. The van der Waals surface area contributed by atoms with Gasteiger partial charge in [-0.3, -0.25) is 9.59 Å². The first-order chi connectivity index (χ1) is 16.0. The van der Waals surface area contributed by atoms with Gasteiger partial charge in [-0.1, -0.05) is 18.6 Å². The Morgan fingerprint density at radius 2 is 1.85 bits per heavy atom. The zero-order valence-corrected chi connectivity index (χ0v) is 19.2. The van der Waals surface area contributed by atoms with Gasteiger partial charge in [0.15, 0.2) is 0 Å². The number of hydrogen-bond donors (Lipinski definition) is 3. The molecule has 4 rings (SSSR count). The molecule has 0 unspecified atom stereocenters. The average molecular weight is 450 g/mol. The Morgan fingerprint density at radius 3 is 2.73 bits per heavy atom. The molecule has 2 aromatic rings. The Bertz CT molecular complexity index is 1050. The molecule has 0 saturated heterocycles. The van der Waals surface area contributed by atoms with Gasteiger partial charge >= 0.3 is 0 Å². The summed E-state index contributed by atoms with van der Waals surface area (Å²) >= 11 is 0. The van der Waals surface area contributed by atoms with E-state index in [1.807, 2.05) is 19.2 Å². The van der Waals surface area contributed by atoms with Crippen LogP contribution in [0.5, 0.6) is 0 Å². The van der Waals surface area contributed by atoms with Gasteiger partial charge in [0.25, 0.3) is 5.91 Å². The van der Waals surface area contributed by atoms with E-state index in [1.165, 1.54) is 11.9 Å². The quantitative estimate of drug-likeness (QED) is 0.568. The Hall–Kier alpha value is -3.46. The number of amides is 2. The number of carbonyl (C=O) groups is 2. The Labute approximate surface area is 194 Å². The number of nitrogens with zero attached hydrogens (tertiary/aromatic N) is 4. The highest BCUT2D eigenvalue weighted by molar-refractivity contribution is 6.32. The first-order valence-corrected chi connectivity index (χ1v) is 11.4. The van der Waals surface area contributed by atoms with E-state index in [2.05, 4.69) is 50.0 Å². The highest BCUT2D eigenvalue weighted by Crippen LogP contribution is 2.34. The van der Waals surface area contributed by atoms with Crippen LogP contribution in [0.2, 0.25) is 0 Å². The lowest BCUT2D eigenvalue weighted by Crippen LogP contribution is -2.31. The van der Waals surface area contributed by atoms with Crippen molar-refractivity contribution in [1.82, 2.24) is 19.8 Å². The molecule has 9 heteroatoms. The zero-order chi connectivity index (χ0) is 23.2. The molecule has 1 aromatic heterocycles. The summed E-state index contributed by atoms with van der Waals surface area (Å²) in [6.07, 6.45) is 6.67. The largest absolute Gasteiger partial charge is 0.368 e. The van der Waals surface area contributed by atoms with Gasteiger partial charge in [0.1, 0.15) is 18.0 Å². The Balaban J connectivity index is 1.60. The zero-order valence-electron chi connectivity index (χ0n) is 19.2. The van der Waals surface area contributed by atoms with Crippen molar-refractivity contribution in [2.75, 3.05) is 49.7 Å². The average Bonchev–Trinajstić information content (AvgIpc) is 3.12. The van der Waals surface area contributed by atoms with E-state index in [0.717, 1.165) is 38.0 Å². The van der Waals surface area contributed by atoms with Crippen LogP contribution in [-0.2, 0) is 16.1 Å². The topological polar surface area (TPSA) is 102 Å². The molecule has 3 N–H and O–H groups in total. The lowest BCUT2D eigenvalue weighted by Gasteiger charge is -2.19. The van der Waals surface area contributed by atoms with Gasteiger partial charge in [0.05, 0.1) is 11.1 Å². The van der Waals surface area contributed by atoms with Crippen molar-refractivity contribution in [1.29, 1.82) is 0 Å². The minimum Gasteiger partial charge on any atom is -0.368 e. The van der Waals surface area contributed by atoms with Crippen molar-refractivity contribution in [3.8, 4) is 0 Å². The maximum absolute atomic E-state index is 12.6. The number of likely N-dealkylation sites (N-methyl/N-ethyl adjacent to an activating group) is 1. The molecule has 0 spiro atoms. The van der Waals surface area contributed by atoms with Crippen LogP contribution in [0.25, 0.3) is 5.57 Å². The number of fused-ring (bicyclic) bond motifs is 2. The van der Waals surface area contributed by atoms with Crippen LogP contribution in [0.1, 0.15) is 36.8 Å². The third-order valence-electron chi connectivity index (χ3n) is 5.95. The Kier molecular flexibility index (Phi) is 7.19. The molecule has 2 bridgehead atoms. The van der Waals surface area contributed by atoms with Gasteiger partial charge in [0.2, 0.25) is 5.91 Å². The van der Waals surface area contributed by atoms with Gasteiger partial charge in [-0.15, -0.1) is 0 Å². The number of nitrogens with one attached hydrogen (secondary N) is 3. The van der Waals surface area contributed by atoms with Crippen LogP contribution < -0.4 is 16.0 Å². The van der Waals surface area contributed by atoms with E-state index in [1.54, 1.807) is 11.1 Å². The fourth-order valence-corrected chi connectivity index (χ4v) is 4.09. The van der Waals surface area contributed by atoms with Crippen molar-refractivity contribution in [2.24, 2.45) is 0 Å². The van der Waals surface area contributed by atoms with Gasteiger partial charge in [0, 0.05) is 45.0 Å². The summed E-state index contributed by atoms with van der Waals surface area (Å²) in [6.45, 7) is 2.88. The monoisotopic (exact) mass is 449 g/mol. The highest BCUT2D eigenvalue weighted by atomic mass is 16.2. The molecular formula is C24H31N7O2. The van der Waals surface area contributed by atoms with Gasteiger partial charge in [-0.25, -0.2) is 9.97 Å². The molecule has 0 radical (unpaired) electrons. The third kappa shape index (κ3) is 5.67. The maximum Gasteiger partial charge on any atom is 0.259 e. The van der Waals surface area contributed by atoms with Gasteiger partial charge in [-0.05, 0) is 44.1 Å². The van der Waals surface area contributed by atoms with Gasteiger partial charge < -0.3 is 25.8 Å². The molecule has 0 fully saturated rings. The molecular weight excluding hydrogens is 418 g/mol. The van der Waals surface area contributed by atoms with E-state index in [-0.39, 0.29) is 11.8 Å². The number of benzene rings is 1. The summed E-state index contributed by atoms with van der Waals surface area (Å²) in [4.78, 5) is 37.7. The fraction of sp³-hybridized carbons (Fsp3) is 0.417. The molecule has 0 saturated carbocycles. The summed E-state index contributed by atoms with van der Waals surface area (Å²) in [6, 6.07) is 8.18. The van der Waals surface area contributed by atoms with Crippen LogP contribution in [-0.4, -0.2) is 65.3 Å². The second-order valence-corrected chi connectivity index (χ2v) is 8.59. The number of carbonyl (C=O) groups excluding carboxylic acids is 2. The summed E-state index contributed by atoms with van der Waals surface area (Å²) < 4.78 is 0. The Morgan fingerprint density at radius 1 is 1.00 bits per heavy atom. The summed E-state index contributed by atoms with van der Waals surface area (Å²) in [5, 5.41) is 9.33. The second-order valence-electron chi connectivity index (χ2n) is 8.59. The molecule has 3 heterocycles. The minimum absolute atomic E-state index is 0.144. The van der Waals surface area contributed by atoms with E-state index >= 15 is 0 Å². The molecule has 2 amide bonds. The molecule has 9 nitrogen and oxygen atoms in total. The smallest absolute Gasteiger partial charge is 0.259 e. The van der Waals surface area contributed by atoms with E-state index in [0.29, 0.717) is 42.3 Å². The van der Waals surface area contributed by atoms with Crippen LogP contribution in [0.15, 0.2) is 36.8 Å². The predicted molar refractivity (Wildman–Crippen MR) is 130 cm³/mol. The van der Waals surface area contributed by atoms with Crippen LogP contribution >= 0.6 is 0 Å². The van der Waals surface area contributed by atoms with E-state index in [9.17, 15) is 9.59 Å². The highest BCUT2D eigenvalue weighted by Gasteiger charge is 2.29. The van der Waals surface area contributed by atoms with E-state index in [4.69, 9.17) is 0 Å². The molecule has 0 atom stereocenters. The molecule has 174 valence electrons. The lowest BCUT2D eigenvalue weighted by molar-refractivity contribution is -0.129. The molecule has 0 aliphatic carbocycles. The molecule has 33 heavy (non-hydrogen) atoms. The molecule has 2 aliphatic rings. The predicted octanol–water partition coefficient (Wildman–Crippen LogP) is 2.76. The van der Waals surface area contributed by atoms with Crippen LogP contribution in [0.3, 0.4) is 0 Å².